The molecule has 1 aromatic carbocycles. The van der Waals surface area contributed by atoms with Crippen LogP contribution in [-0.2, 0) is 39.9 Å². The molecule has 1 rings (SSSR count). The molecule has 1 aromatic rings. The highest BCUT2D eigenvalue weighted by atomic mass is 16.6. The summed E-state index contributed by atoms with van der Waals surface area (Å²) >= 11 is 0. The molecule has 0 radical (unpaired) electrons. The van der Waals surface area contributed by atoms with Crippen LogP contribution >= 0.6 is 0 Å². The van der Waals surface area contributed by atoms with Gasteiger partial charge in [-0.25, -0.2) is 19.2 Å². The molecule has 0 bridgehead atoms. The van der Waals surface area contributed by atoms with Crippen LogP contribution in [0.5, 0.6) is 0 Å². The number of rotatable bonds is 22. The fourth-order valence-electron chi connectivity index (χ4n) is 4.98. The zero-order valence-electron chi connectivity index (χ0n) is 35.0. The lowest BCUT2D eigenvalue weighted by Gasteiger charge is -2.24. The third-order valence-electron chi connectivity index (χ3n) is 7.58. The monoisotopic (exact) mass is 792 g/mol. The summed E-state index contributed by atoms with van der Waals surface area (Å²) in [6.07, 6.45) is 1.94. The Kier molecular flexibility index (Phi) is 21.9. The first-order valence-electron chi connectivity index (χ1n) is 19.5. The van der Waals surface area contributed by atoms with Crippen molar-refractivity contribution in [1.82, 2.24) is 26.6 Å². The minimum absolute atomic E-state index is 0.000790. The number of unbranched alkanes of at least 4 members (excludes halogenated alkanes) is 3. The third-order valence-corrected chi connectivity index (χ3v) is 7.58. The first-order valence-corrected chi connectivity index (χ1v) is 19.5. The van der Waals surface area contributed by atoms with Crippen LogP contribution in [0, 0.1) is 0 Å². The van der Waals surface area contributed by atoms with Gasteiger partial charge in [0.25, 0.3) is 0 Å². The van der Waals surface area contributed by atoms with Gasteiger partial charge < -0.3 is 51.3 Å². The maximum Gasteiger partial charge on any atom is 0.407 e. The van der Waals surface area contributed by atoms with Crippen molar-refractivity contribution in [2.45, 2.75) is 162 Å². The molecule has 0 aromatic heterocycles. The lowest BCUT2D eigenvalue weighted by molar-refractivity contribution is -0.149. The van der Waals surface area contributed by atoms with Crippen LogP contribution in [-0.4, -0.2) is 90.6 Å². The molecule has 3 atom stereocenters. The highest BCUT2D eigenvalue weighted by Crippen LogP contribution is 2.12. The normalized spacial score (nSPS) is 13.2. The van der Waals surface area contributed by atoms with Crippen molar-refractivity contribution in [3.05, 3.63) is 35.9 Å². The number of hydrogen-bond donors (Lipinski definition) is 6. The van der Waals surface area contributed by atoms with Crippen molar-refractivity contribution < 1.29 is 47.7 Å². The molecular weight excluding hydrogens is 724 g/mol. The standard InChI is InChI=1S/C40H68N6O10/c1-38(2,3)54-35(50)42-24-16-13-21-29(41)32(47)45-30(22-14-17-25-43-36(51)55-39(4,5)6)33(48)46-31(34(49)53-27-28-19-11-10-12-20-28)23-15-18-26-44-37(52)56-40(7,8)9/h10-12,19-20,29-31H,13-18,21-27,41H2,1-9H3,(H,42,50)(H,43,51)(H,44,52)(H,45,47)(H,46,48). The molecular formula is C40H68N6O10. The number of carbonyl (C=O) groups excluding carboxylic acids is 6. The van der Waals surface area contributed by atoms with E-state index in [4.69, 9.17) is 24.7 Å². The minimum atomic E-state index is -1.05. The number of benzene rings is 1. The van der Waals surface area contributed by atoms with E-state index in [-0.39, 0.29) is 26.0 Å². The molecule has 0 aliphatic heterocycles. The van der Waals surface area contributed by atoms with Crippen molar-refractivity contribution in [2.75, 3.05) is 19.6 Å². The van der Waals surface area contributed by atoms with Crippen LogP contribution in [0.1, 0.15) is 126 Å². The van der Waals surface area contributed by atoms with Crippen molar-refractivity contribution in [1.29, 1.82) is 0 Å². The van der Waals surface area contributed by atoms with E-state index in [1.54, 1.807) is 62.3 Å². The molecule has 0 saturated carbocycles. The second kappa shape index (κ2) is 24.8. The Balaban J connectivity index is 2.96. The maximum absolute atomic E-state index is 13.8. The van der Waals surface area contributed by atoms with Gasteiger partial charge in [0, 0.05) is 19.6 Å². The van der Waals surface area contributed by atoms with Crippen LogP contribution in [0.15, 0.2) is 30.3 Å². The predicted octanol–water partition coefficient (Wildman–Crippen LogP) is 5.11. The van der Waals surface area contributed by atoms with Crippen LogP contribution in [0.3, 0.4) is 0 Å². The Labute approximate surface area is 332 Å². The van der Waals surface area contributed by atoms with E-state index in [1.165, 1.54) is 0 Å². The van der Waals surface area contributed by atoms with Gasteiger partial charge in [0.15, 0.2) is 0 Å². The van der Waals surface area contributed by atoms with Gasteiger partial charge in [-0.2, -0.15) is 0 Å². The molecule has 318 valence electrons. The number of amides is 5. The van der Waals surface area contributed by atoms with Crippen LogP contribution < -0.4 is 32.3 Å². The molecule has 5 amide bonds. The van der Waals surface area contributed by atoms with Crippen LogP contribution in [0.2, 0.25) is 0 Å². The van der Waals surface area contributed by atoms with Crippen molar-refractivity contribution >= 4 is 36.1 Å². The summed E-state index contributed by atoms with van der Waals surface area (Å²) in [4.78, 5) is 76.4. The number of nitrogens with two attached hydrogens (primary N) is 1. The third kappa shape index (κ3) is 25.5. The summed E-state index contributed by atoms with van der Waals surface area (Å²) < 4.78 is 21.3. The first kappa shape index (κ1) is 49.4. The second-order valence-electron chi connectivity index (χ2n) is 16.6. The number of esters is 1. The van der Waals surface area contributed by atoms with Gasteiger partial charge in [0.1, 0.15) is 35.5 Å². The topological polar surface area (TPSA) is 226 Å². The molecule has 0 saturated heterocycles. The lowest BCUT2D eigenvalue weighted by Crippen LogP contribution is -2.54. The number of alkyl carbamates (subject to hydrolysis) is 3. The van der Waals surface area contributed by atoms with Crippen molar-refractivity contribution in [3.63, 3.8) is 0 Å². The zero-order chi connectivity index (χ0) is 42.4. The molecule has 16 heteroatoms. The number of carbonyl (C=O) groups is 6. The SMILES string of the molecule is CC(C)(C)OC(=O)NCCCCC(N)C(=O)NC(CCCCNC(=O)OC(C)(C)C)C(=O)NC(CCCCNC(=O)OC(C)(C)C)C(=O)OCc1ccccc1. The lowest BCUT2D eigenvalue weighted by atomic mass is 10.0. The van der Waals surface area contributed by atoms with Crippen LogP contribution in [0.25, 0.3) is 0 Å². The molecule has 0 aliphatic carbocycles. The predicted molar refractivity (Wildman–Crippen MR) is 212 cm³/mol. The summed E-state index contributed by atoms with van der Waals surface area (Å²) in [6.45, 7) is 16.8. The van der Waals surface area contributed by atoms with Gasteiger partial charge in [-0.05, 0) is 126 Å². The number of nitrogens with one attached hydrogen (secondary N) is 5. The summed E-state index contributed by atoms with van der Waals surface area (Å²) in [5.41, 5.74) is 5.06. The van der Waals surface area contributed by atoms with E-state index < -0.39 is 71.0 Å². The summed E-state index contributed by atoms with van der Waals surface area (Å²) in [6, 6.07) is 6.07. The molecule has 0 heterocycles. The maximum atomic E-state index is 13.8. The average Bonchev–Trinajstić information content (AvgIpc) is 3.06. The van der Waals surface area contributed by atoms with Gasteiger partial charge in [0.05, 0.1) is 6.04 Å². The number of hydrogen-bond acceptors (Lipinski definition) is 11. The average molecular weight is 793 g/mol. The van der Waals surface area contributed by atoms with Gasteiger partial charge in [-0.15, -0.1) is 0 Å². The van der Waals surface area contributed by atoms with Crippen molar-refractivity contribution in [2.24, 2.45) is 5.73 Å². The Bertz CT molecular complexity index is 1370. The fraction of sp³-hybridized carbons (Fsp3) is 0.700. The van der Waals surface area contributed by atoms with E-state index in [1.807, 2.05) is 30.3 Å². The largest absolute Gasteiger partial charge is 0.459 e. The van der Waals surface area contributed by atoms with E-state index in [2.05, 4.69) is 26.6 Å². The smallest absolute Gasteiger partial charge is 0.407 e. The second-order valence-corrected chi connectivity index (χ2v) is 16.6. The van der Waals surface area contributed by atoms with Crippen LogP contribution in [0.4, 0.5) is 14.4 Å². The van der Waals surface area contributed by atoms with Crippen molar-refractivity contribution in [3.8, 4) is 0 Å². The Hall–Kier alpha value is -4.60. The molecule has 16 nitrogen and oxygen atoms in total. The Morgan fingerprint density at radius 3 is 1.38 bits per heavy atom. The molecule has 0 spiro atoms. The van der Waals surface area contributed by atoms with Gasteiger partial charge in [0.2, 0.25) is 11.8 Å². The molecule has 56 heavy (non-hydrogen) atoms. The van der Waals surface area contributed by atoms with E-state index in [9.17, 15) is 28.8 Å². The summed E-state index contributed by atoms with van der Waals surface area (Å²) in [5, 5.41) is 13.6. The molecule has 7 N–H and O–H groups in total. The van der Waals surface area contributed by atoms with E-state index >= 15 is 0 Å². The Morgan fingerprint density at radius 2 is 0.946 bits per heavy atom. The van der Waals surface area contributed by atoms with Gasteiger partial charge >= 0.3 is 24.2 Å². The highest BCUT2D eigenvalue weighted by Gasteiger charge is 2.29. The summed E-state index contributed by atoms with van der Waals surface area (Å²) in [5.74, 6) is -1.79. The molecule has 3 unspecified atom stereocenters. The quantitative estimate of drug-likeness (QED) is 0.0514. The zero-order valence-corrected chi connectivity index (χ0v) is 35.0. The molecule has 0 fully saturated rings. The van der Waals surface area contributed by atoms with E-state index in [0.29, 0.717) is 58.0 Å². The van der Waals surface area contributed by atoms with Gasteiger partial charge in [-0.3, -0.25) is 9.59 Å². The minimum Gasteiger partial charge on any atom is -0.459 e. The highest BCUT2D eigenvalue weighted by molar-refractivity contribution is 5.92. The summed E-state index contributed by atoms with van der Waals surface area (Å²) in [7, 11) is 0. The Morgan fingerprint density at radius 1 is 0.554 bits per heavy atom. The number of ether oxygens (including phenoxy) is 4. The van der Waals surface area contributed by atoms with Gasteiger partial charge in [-0.1, -0.05) is 30.3 Å². The molecule has 0 aliphatic rings. The first-order chi connectivity index (χ1) is 26.0. The van der Waals surface area contributed by atoms with E-state index in [0.717, 1.165) is 5.56 Å². The fourth-order valence-corrected chi connectivity index (χ4v) is 4.98.